The number of anilines is 1. The third kappa shape index (κ3) is 7.47. The number of amides is 2. The highest BCUT2D eigenvalue weighted by molar-refractivity contribution is 7.92. The number of hydrogen-bond acceptors (Lipinski definition) is 4. The molecular formula is C31H28Cl2FN3O4S. The minimum Gasteiger partial charge on any atom is -0.357 e. The Hall–Kier alpha value is -3.92. The maximum Gasteiger partial charge on any atom is 0.264 e. The van der Waals surface area contributed by atoms with Crippen molar-refractivity contribution in [1.82, 2.24) is 10.2 Å². The van der Waals surface area contributed by atoms with Crippen LogP contribution < -0.4 is 9.62 Å². The molecule has 0 saturated heterocycles. The number of benzene rings is 4. The van der Waals surface area contributed by atoms with E-state index in [1.54, 1.807) is 48.5 Å². The summed E-state index contributed by atoms with van der Waals surface area (Å²) in [6, 6.07) is 25.5. The van der Waals surface area contributed by atoms with E-state index in [1.165, 1.54) is 11.9 Å². The Kier molecular flexibility index (Phi) is 10.2. The van der Waals surface area contributed by atoms with Crippen molar-refractivity contribution in [1.29, 1.82) is 0 Å². The fraction of sp³-hybridized carbons (Fsp3) is 0.161. The summed E-state index contributed by atoms with van der Waals surface area (Å²) in [6.07, 6.45) is 0.170. The highest BCUT2D eigenvalue weighted by atomic mass is 35.5. The maximum atomic E-state index is 14.2. The Bertz CT molecular complexity index is 1640. The number of hydrogen-bond donors (Lipinski definition) is 1. The molecule has 218 valence electrons. The molecule has 0 radical (unpaired) electrons. The van der Waals surface area contributed by atoms with E-state index in [0.29, 0.717) is 10.6 Å². The van der Waals surface area contributed by atoms with Crippen molar-refractivity contribution >= 4 is 50.7 Å². The van der Waals surface area contributed by atoms with Crippen LogP contribution in [-0.2, 0) is 32.6 Å². The first-order chi connectivity index (χ1) is 20.1. The molecule has 0 heterocycles. The highest BCUT2D eigenvalue weighted by Crippen LogP contribution is 2.27. The van der Waals surface area contributed by atoms with Crippen LogP contribution in [0.15, 0.2) is 108 Å². The van der Waals surface area contributed by atoms with E-state index in [1.807, 2.05) is 30.3 Å². The molecule has 0 spiro atoms. The Morgan fingerprint density at radius 1 is 0.833 bits per heavy atom. The molecule has 0 aliphatic heterocycles. The minimum atomic E-state index is -4.31. The number of halogens is 3. The number of carbonyl (C=O) groups excluding carboxylic acids is 2. The van der Waals surface area contributed by atoms with Gasteiger partial charge in [0.15, 0.2) is 0 Å². The van der Waals surface area contributed by atoms with Gasteiger partial charge in [-0.25, -0.2) is 12.8 Å². The minimum absolute atomic E-state index is 0.0557. The fourth-order valence-electron chi connectivity index (χ4n) is 4.41. The first kappa shape index (κ1) is 31.0. The van der Waals surface area contributed by atoms with Crippen LogP contribution in [0, 0.1) is 5.82 Å². The number of carbonyl (C=O) groups is 2. The summed E-state index contributed by atoms with van der Waals surface area (Å²) in [7, 11) is -2.85. The topological polar surface area (TPSA) is 86.8 Å². The van der Waals surface area contributed by atoms with Crippen LogP contribution in [0.4, 0.5) is 10.1 Å². The smallest absolute Gasteiger partial charge is 0.264 e. The molecule has 1 N–H and O–H groups in total. The summed E-state index contributed by atoms with van der Waals surface area (Å²) >= 11 is 12.4. The second kappa shape index (κ2) is 13.8. The Balaban J connectivity index is 1.78. The Morgan fingerprint density at radius 2 is 1.45 bits per heavy atom. The van der Waals surface area contributed by atoms with E-state index in [2.05, 4.69) is 5.32 Å². The van der Waals surface area contributed by atoms with Crippen LogP contribution >= 0.6 is 23.2 Å². The molecule has 1 atom stereocenters. The molecule has 0 unspecified atom stereocenters. The van der Waals surface area contributed by atoms with Crippen molar-refractivity contribution in [3.8, 4) is 0 Å². The van der Waals surface area contributed by atoms with Crippen molar-refractivity contribution in [3.63, 3.8) is 0 Å². The molecule has 42 heavy (non-hydrogen) atoms. The normalized spacial score (nSPS) is 11.9. The molecule has 0 saturated carbocycles. The van der Waals surface area contributed by atoms with Crippen LogP contribution in [0.1, 0.15) is 11.1 Å². The molecule has 0 aliphatic rings. The van der Waals surface area contributed by atoms with Gasteiger partial charge < -0.3 is 10.2 Å². The molecule has 4 aromatic carbocycles. The maximum absolute atomic E-state index is 14.2. The second-order valence-corrected chi connectivity index (χ2v) is 12.1. The van der Waals surface area contributed by atoms with Crippen LogP contribution in [0.3, 0.4) is 0 Å². The zero-order chi connectivity index (χ0) is 30.3. The lowest BCUT2D eigenvalue weighted by Gasteiger charge is -2.33. The molecule has 0 aromatic heterocycles. The van der Waals surface area contributed by atoms with E-state index < -0.39 is 40.2 Å². The summed E-state index contributed by atoms with van der Waals surface area (Å²) in [6.45, 7) is -0.687. The van der Waals surface area contributed by atoms with Gasteiger partial charge in [0.05, 0.1) is 20.6 Å². The summed E-state index contributed by atoms with van der Waals surface area (Å²) in [5.41, 5.74) is 1.62. The zero-order valence-electron chi connectivity index (χ0n) is 22.6. The van der Waals surface area contributed by atoms with Crippen LogP contribution in [0.25, 0.3) is 0 Å². The number of nitrogens with one attached hydrogen (secondary N) is 1. The molecule has 4 aromatic rings. The van der Waals surface area contributed by atoms with Gasteiger partial charge in [-0.15, -0.1) is 0 Å². The zero-order valence-corrected chi connectivity index (χ0v) is 24.9. The molecule has 7 nitrogen and oxygen atoms in total. The third-order valence-corrected chi connectivity index (χ3v) is 9.11. The predicted molar refractivity (Wildman–Crippen MR) is 162 cm³/mol. The Labute approximate surface area is 254 Å². The number of nitrogens with zero attached hydrogens (tertiary/aromatic N) is 2. The van der Waals surface area contributed by atoms with Gasteiger partial charge in [-0.05, 0) is 59.7 Å². The second-order valence-electron chi connectivity index (χ2n) is 9.39. The first-order valence-corrected chi connectivity index (χ1v) is 15.1. The Morgan fingerprint density at radius 3 is 2.05 bits per heavy atom. The summed E-state index contributed by atoms with van der Waals surface area (Å²) in [5.74, 6) is -1.67. The summed E-state index contributed by atoms with van der Waals surface area (Å²) in [5, 5.41) is 3.22. The third-order valence-electron chi connectivity index (χ3n) is 6.58. The first-order valence-electron chi connectivity index (χ1n) is 12.9. The van der Waals surface area contributed by atoms with Gasteiger partial charge in [-0.3, -0.25) is 13.9 Å². The number of sulfonamides is 1. The molecule has 0 fully saturated rings. The van der Waals surface area contributed by atoms with Crippen molar-refractivity contribution in [2.45, 2.75) is 23.9 Å². The largest absolute Gasteiger partial charge is 0.357 e. The van der Waals surface area contributed by atoms with Gasteiger partial charge >= 0.3 is 0 Å². The molecule has 11 heteroatoms. The SMILES string of the molecule is CNC(=O)[C@H](Cc1ccccc1)N(Cc1ccc(Cl)c(Cl)c1)C(=O)CN(c1ccccc1)S(=O)(=O)c1ccc(F)cc1. The van der Waals surface area contributed by atoms with E-state index in [-0.39, 0.29) is 28.6 Å². The van der Waals surface area contributed by atoms with Crippen molar-refractivity contribution in [2.75, 3.05) is 17.9 Å². The van der Waals surface area contributed by atoms with Crippen molar-refractivity contribution < 1.29 is 22.4 Å². The molecule has 2 amide bonds. The lowest BCUT2D eigenvalue weighted by Crippen LogP contribution is -2.53. The van der Waals surface area contributed by atoms with Gasteiger partial charge in [0.25, 0.3) is 10.0 Å². The van der Waals surface area contributed by atoms with E-state index in [4.69, 9.17) is 23.2 Å². The van der Waals surface area contributed by atoms with Gasteiger partial charge in [0.1, 0.15) is 18.4 Å². The lowest BCUT2D eigenvalue weighted by molar-refractivity contribution is -0.139. The average molecular weight is 629 g/mol. The number of rotatable bonds is 11. The number of likely N-dealkylation sites (N-methyl/N-ethyl adjacent to an activating group) is 1. The van der Waals surface area contributed by atoms with Crippen LogP contribution in [-0.4, -0.2) is 44.8 Å². The predicted octanol–water partition coefficient (Wildman–Crippen LogP) is 5.71. The van der Waals surface area contributed by atoms with Gasteiger partial charge in [-0.2, -0.15) is 0 Å². The van der Waals surface area contributed by atoms with Gasteiger partial charge in [0, 0.05) is 20.0 Å². The lowest BCUT2D eigenvalue weighted by atomic mass is 10.0. The van der Waals surface area contributed by atoms with E-state index in [0.717, 1.165) is 34.1 Å². The quantitative estimate of drug-likeness (QED) is 0.231. The van der Waals surface area contributed by atoms with Crippen LogP contribution in [0.5, 0.6) is 0 Å². The van der Waals surface area contributed by atoms with Crippen LogP contribution in [0.2, 0.25) is 10.0 Å². The summed E-state index contributed by atoms with van der Waals surface area (Å²) in [4.78, 5) is 28.6. The van der Waals surface area contributed by atoms with E-state index >= 15 is 0 Å². The van der Waals surface area contributed by atoms with Crippen molar-refractivity contribution in [3.05, 3.63) is 130 Å². The highest BCUT2D eigenvalue weighted by Gasteiger charge is 2.34. The molecular weight excluding hydrogens is 600 g/mol. The summed E-state index contributed by atoms with van der Waals surface area (Å²) < 4.78 is 42.2. The number of para-hydroxylation sites is 1. The van der Waals surface area contributed by atoms with Gasteiger partial charge in [-0.1, -0.05) is 77.8 Å². The molecule has 4 rings (SSSR count). The van der Waals surface area contributed by atoms with E-state index in [9.17, 15) is 22.4 Å². The molecule has 0 bridgehead atoms. The van der Waals surface area contributed by atoms with Gasteiger partial charge in [0.2, 0.25) is 11.8 Å². The molecule has 0 aliphatic carbocycles. The monoisotopic (exact) mass is 627 g/mol. The average Bonchev–Trinajstić information content (AvgIpc) is 3.00. The fourth-order valence-corrected chi connectivity index (χ4v) is 6.15. The van der Waals surface area contributed by atoms with Crippen molar-refractivity contribution in [2.24, 2.45) is 0 Å². The standard InChI is InChI=1S/C31H28Cl2FN3O4S/c1-35-31(39)29(19-22-8-4-2-5-9-22)36(20-23-12-17-27(32)28(33)18-23)30(38)21-37(25-10-6-3-7-11-25)42(40,41)26-15-13-24(34)14-16-26/h2-18,29H,19-21H2,1H3,(H,35,39)/t29-/m0/s1.